The highest BCUT2D eigenvalue weighted by Crippen LogP contribution is 2.14. The number of hydrogen-bond acceptors (Lipinski definition) is 3. The Bertz CT molecular complexity index is 359. The standard InChI is InChI=1S/C6H6INO3S/c7-5-1-3-6(4-2-5)11-12(8,9)10/h1-4H,(H2,8,9,10). The van der Waals surface area contributed by atoms with Crippen molar-refractivity contribution in [3.63, 3.8) is 0 Å². The normalized spacial score (nSPS) is 11.2. The molecule has 1 aromatic rings. The Hall–Kier alpha value is -0.340. The molecule has 0 spiro atoms. The van der Waals surface area contributed by atoms with Gasteiger partial charge >= 0.3 is 10.3 Å². The highest BCUT2D eigenvalue weighted by atomic mass is 127. The highest BCUT2D eigenvalue weighted by molar-refractivity contribution is 14.1. The van der Waals surface area contributed by atoms with Crippen molar-refractivity contribution in [3.05, 3.63) is 27.8 Å². The monoisotopic (exact) mass is 299 g/mol. The van der Waals surface area contributed by atoms with E-state index >= 15 is 0 Å². The van der Waals surface area contributed by atoms with E-state index in [1.807, 2.05) is 0 Å². The maximum absolute atomic E-state index is 10.4. The Morgan fingerprint density at radius 3 is 2.17 bits per heavy atom. The largest absolute Gasteiger partial charge is 0.380 e. The van der Waals surface area contributed by atoms with Crippen LogP contribution in [-0.2, 0) is 10.3 Å². The highest BCUT2D eigenvalue weighted by Gasteiger charge is 2.03. The number of halogens is 1. The second-order valence-electron chi connectivity index (χ2n) is 2.03. The topological polar surface area (TPSA) is 69.4 Å². The van der Waals surface area contributed by atoms with Crippen molar-refractivity contribution in [1.29, 1.82) is 0 Å². The third kappa shape index (κ3) is 3.37. The van der Waals surface area contributed by atoms with Gasteiger partial charge < -0.3 is 4.18 Å². The Labute approximate surface area is 84.1 Å². The molecule has 1 rings (SSSR count). The van der Waals surface area contributed by atoms with Crippen LogP contribution in [0.2, 0.25) is 0 Å². The summed E-state index contributed by atoms with van der Waals surface area (Å²) in [5, 5.41) is 4.65. The fourth-order valence-corrected chi connectivity index (χ4v) is 1.36. The fraction of sp³-hybridized carbons (Fsp3) is 0. The van der Waals surface area contributed by atoms with Crippen molar-refractivity contribution in [2.24, 2.45) is 5.14 Å². The van der Waals surface area contributed by atoms with Gasteiger partial charge in [0, 0.05) is 3.57 Å². The van der Waals surface area contributed by atoms with Crippen LogP contribution in [0.25, 0.3) is 0 Å². The molecule has 0 atom stereocenters. The molecular formula is C6H6INO3S. The summed E-state index contributed by atoms with van der Waals surface area (Å²) in [6, 6.07) is 6.51. The first-order chi connectivity index (χ1) is 5.47. The van der Waals surface area contributed by atoms with Crippen LogP contribution in [0.15, 0.2) is 24.3 Å². The molecule has 0 aliphatic carbocycles. The van der Waals surface area contributed by atoms with Crippen molar-refractivity contribution < 1.29 is 12.6 Å². The smallest absolute Gasteiger partial charge is 0.371 e. The number of hydrogen-bond donors (Lipinski definition) is 1. The van der Waals surface area contributed by atoms with E-state index in [0.717, 1.165) is 3.57 Å². The van der Waals surface area contributed by atoms with Crippen molar-refractivity contribution >= 4 is 32.9 Å². The van der Waals surface area contributed by atoms with Crippen LogP contribution in [0, 0.1) is 3.57 Å². The summed E-state index contributed by atoms with van der Waals surface area (Å²) in [5.74, 6) is 0.220. The van der Waals surface area contributed by atoms with E-state index in [9.17, 15) is 8.42 Å². The Morgan fingerprint density at radius 1 is 1.25 bits per heavy atom. The number of nitrogens with two attached hydrogens (primary N) is 1. The van der Waals surface area contributed by atoms with Gasteiger partial charge in [0.05, 0.1) is 0 Å². The van der Waals surface area contributed by atoms with Crippen molar-refractivity contribution in [2.75, 3.05) is 0 Å². The van der Waals surface area contributed by atoms with Gasteiger partial charge in [-0.05, 0) is 46.9 Å². The van der Waals surface area contributed by atoms with Crippen LogP contribution in [0.4, 0.5) is 0 Å². The van der Waals surface area contributed by atoms with E-state index in [1.165, 1.54) is 12.1 Å². The van der Waals surface area contributed by atoms with Crippen molar-refractivity contribution in [2.45, 2.75) is 0 Å². The summed E-state index contributed by atoms with van der Waals surface area (Å²) in [6.45, 7) is 0. The molecule has 66 valence electrons. The minimum absolute atomic E-state index is 0.220. The first-order valence-electron chi connectivity index (χ1n) is 2.95. The zero-order valence-corrected chi connectivity index (χ0v) is 8.87. The van der Waals surface area contributed by atoms with Crippen LogP contribution in [0.5, 0.6) is 5.75 Å². The van der Waals surface area contributed by atoms with Crippen LogP contribution in [0.1, 0.15) is 0 Å². The first kappa shape index (κ1) is 9.75. The van der Waals surface area contributed by atoms with Crippen LogP contribution < -0.4 is 9.32 Å². The zero-order valence-electron chi connectivity index (χ0n) is 5.90. The molecule has 0 heterocycles. The van der Waals surface area contributed by atoms with Gasteiger partial charge in [-0.15, -0.1) is 0 Å². The summed E-state index contributed by atoms with van der Waals surface area (Å²) in [7, 11) is -3.89. The van der Waals surface area contributed by atoms with E-state index in [0.29, 0.717) is 0 Å². The van der Waals surface area contributed by atoms with Crippen LogP contribution in [-0.4, -0.2) is 8.42 Å². The summed E-state index contributed by atoms with van der Waals surface area (Å²) in [4.78, 5) is 0. The lowest BCUT2D eigenvalue weighted by Crippen LogP contribution is -2.18. The Balaban J connectivity index is 2.85. The van der Waals surface area contributed by atoms with Crippen molar-refractivity contribution in [3.8, 4) is 5.75 Å². The Kier molecular flexibility index (Phi) is 2.91. The SMILES string of the molecule is NS(=O)(=O)Oc1ccc(I)cc1. The molecule has 1 aromatic carbocycles. The van der Waals surface area contributed by atoms with E-state index in [1.54, 1.807) is 12.1 Å². The molecular weight excluding hydrogens is 293 g/mol. The van der Waals surface area contributed by atoms with E-state index in [2.05, 4.69) is 31.9 Å². The molecule has 6 heteroatoms. The van der Waals surface area contributed by atoms with Crippen LogP contribution in [0.3, 0.4) is 0 Å². The average Bonchev–Trinajstić information content (AvgIpc) is 1.91. The maximum atomic E-state index is 10.4. The molecule has 0 saturated carbocycles. The average molecular weight is 299 g/mol. The predicted octanol–water partition coefficient (Wildman–Crippen LogP) is 0.873. The second kappa shape index (κ2) is 3.58. The molecule has 0 aliphatic heterocycles. The molecule has 4 nitrogen and oxygen atoms in total. The van der Waals surface area contributed by atoms with E-state index in [-0.39, 0.29) is 5.75 Å². The van der Waals surface area contributed by atoms with E-state index < -0.39 is 10.3 Å². The third-order valence-electron chi connectivity index (χ3n) is 1.03. The molecule has 0 fully saturated rings. The maximum Gasteiger partial charge on any atom is 0.380 e. The lowest BCUT2D eigenvalue weighted by molar-refractivity contribution is 0.487. The number of rotatable bonds is 2. The lowest BCUT2D eigenvalue weighted by Gasteiger charge is -2.00. The first-order valence-corrected chi connectivity index (χ1v) is 5.50. The minimum Gasteiger partial charge on any atom is -0.371 e. The van der Waals surface area contributed by atoms with Gasteiger partial charge in [0.1, 0.15) is 5.75 Å². The van der Waals surface area contributed by atoms with Gasteiger partial charge in [-0.2, -0.15) is 13.6 Å². The molecule has 12 heavy (non-hydrogen) atoms. The van der Waals surface area contributed by atoms with Crippen LogP contribution >= 0.6 is 22.6 Å². The van der Waals surface area contributed by atoms with Gasteiger partial charge in [0.2, 0.25) is 0 Å². The lowest BCUT2D eigenvalue weighted by atomic mass is 10.3. The zero-order chi connectivity index (χ0) is 9.19. The van der Waals surface area contributed by atoms with Gasteiger partial charge in [0.25, 0.3) is 0 Å². The molecule has 0 amide bonds. The molecule has 0 unspecified atom stereocenters. The summed E-state index contributed by atoms with van der Waals surface area (Å²) >= 11 is 2.10. The van der Waals surface area contributed by atoms with Gasteiger partial charge in [-0.3, -0.25) is 0 Å². The molecule has 0 radical (unpaired) electrons. The Morgan fingerprint density at radius 2 is 1.75 bits per heavy atom. The fourth-order valence-electron chi connectivity index (χ4n) is 0.624. The van der Waals surface area contributed by atoms with Crippen molar-refractivity contribution in [1.82, 2.24) is 0 Å². The quantitative estimate of drug-likeness (QED) is 0.824. The van der Waals surface area contributed by atoms with Gasteiger partial charge in [-0.25, -0.2) is 0 Å². The summed E-state index contributed by atoms with van der Waals surface area (Å²) in [5.41, 5.74) is 0. The summed E-state index contributed by atoms with van der Waals surface area (Å²) in [6.07, 6.45) is 0. The number of benzene rings is 1. The predicted molar refractivity (Wildman–Crippen MR) is 52.9 cm³/mol. The minimum atomic E-state index is -3.89. The third-order valence-corrected chi connectivity index (χ3v) is 2.17. The molecule has 0 bridgehead atoms. The van der Waals surface area contributed by atoms with Gasteiger partial charge in [-0.1, -0.05) is 0 Å². The summed E-state index contributed by atoms with van der Waals surface area (Å²) < 4.78 is 26.3. The van der Waals surface area contributed by atoms with Gasteiger partial charge in [0.15, 0.2) is 0 Å². The molecule has 0 aromatic heterocycles. The molecule has 0 aliphatic rings. The van der Waals surface area contributed by atoms with E-state index in [4.69, 9.17) is 0 Å². The molecule has 0 saturated heterocycles. The molecule has 2 N–H and O–H groups in total. The second-order valence-corrected chi connectivity index (χ2v) is 4.43.